The highest BCUT2D eigenvalue weighted by atomic mass is 16.3. The molecule has 5 aromatic carbocycles. The molecule has 7 rings (SSSR count). The summed E-state index contributed by atoms with van der Waals surface area (Å²) in [6.45, 7) is -5.18. The van der Waals surface area contributed by atoms with Gasteiger partial charge in [-0.05, 0) is 93.2 Å². The van der Waals surface area contributed by atoms with Crippen LogP contribution in [-0.2, 0) is 10.8 Å². The predicted molar refractivity (Wildman–Crippen MR) is 200 cm³/mol. The number of fused-ring (bicyclic) bond motifs is 1. The fraction of sp³-hybridized carbons (Fsp3) is 0.182. The summed E-state index contributed by atoms with van der Waals surface area (Å²) in [7, 11) is 0. The highest BCUT2D eigenvalue weighted by Gasteiger charge is 2.22. The van der Waals surface area contributed by atoms with Gasteiger partial charge in [-0.25, -0.2) is 4.98 Å². The Morgan fingerprint density at radius 1 is 0.646 bits per heavy atom. The standard InChI is InChI=1S/C44H41N3O/c1-43(2,3)33-21-19-29(20-22-33)30-23-24-45-38(28-30)32-25-31(26-34(27-32)44(4,5)6)36-16-12-17-39-41(36)46-42(37-15-10-11-18-40(37)48)47(39)35-13-8-7-9-14-35/h7-28,48H,1-6H3/i1D3,2D3,3D3,19D,20D,21D,22D. The van der Waals surface area contributed by atoms with Crippen LogP contribution >= 0.6 is 0 Å². The number of phenolic OH excluding ortho intramolecular Hbond substituents is 1. The lowest BCUT2D eigenvalue weighted by Gasteiger charge is -2.22. The van der Waals surface area contributed by atoms with E-state index in [9.17, 15) is 5.11 Å². The summed E-state index contributed by atoms with van der Waals surface area (Å²) in [5.74, 6) is 0.607. The van der Waals surface area contributed by atoms with E-state index in [0.717, 1.165) is 27.9 Å². The zero-order valence-electron chi connectivity index (χ0n) is 39.7. The van der Waals surface area contributed by atoms with Crippen LogP contribution in [0.15, 0.2) is 133 Å². The van der Waals surface area contributed by atoms with E-state index in [1.807, 2.05) is 77.4 Å². The van der Waals surface area contributed by atoms with E-state index < -0.39 is 55.7 Å². The van der Waals surface area contributed by atoms with Crippen LogP contribution in [0.5, 0.6) is 5.75 Å². The molecular formula is C44H41N3O. The fourth-order valence-corrected chi connectivity index (χ4v) is 5.77. The third-order valence-electron chi connectivity index (χ3n) is 8.30. The van der Waals surface area contributed by atoms with Gasteiger partial charge in [0.05, 0.1) is 27.8 Å². The molecule has 0 radical (unpaired) electrons. The lowest BCUT2D eigenvalue weighted by atomic mass is 9.83. The molecule has 1 N–H and O–H groups in total. The van der Waals surface area contributed by atoms with Crippen LogP contribution < -0.4 is 0 Å². The Hall–Kier alpha value is -5.48. The zero-order chi connectivity index (χ0) is 44.6. The van der Waals surface area contributed by atoms with Crippen molar-refractivity contribution in [2.75, 3.05) is 0 Å². The van der Waals surface area contributed by atoms with Crippen molar-refractivity contribution in [2.45, 2.75) is 52.2 Å². The van der Waals surface area contributed by atoms with Gasteiger partial charge in [-0.3, -0.25) is 9.55 Å². The summed E-state index contributed by atoms with van der Waals surface area (Å²) >= 11 is 0. The molecule has 0 fully saturated rings. The van der Waals surface area contributed by atoms with Crippen molar-refractivity contribution >= 4 is 11.0 Å². The Labute approximate surface area is 301 Å². The number of rotatable bonds is 5. The van der Waals surface area contributed by atoms with Crippen LogP contribution in [-0.4, -0.2) is 19.6 Å². The van der Waals surface area contributed by atoms with Crippen LogP contribution in [0.2, 0.25) is 0 Å². The van der Waals surface area contributed by atoms with Crippen molar-refractivity contribution < 1.29 is 22.9 Å². The fourth-order valence-electron chi connectivity index (χ4n) is 5.77. The molecule has 48 heavy (non-hydrogen) atoms. The highest BCUT2D eigenvalue weighted by Crippen LogP contribution is 2.40. The zero-order valence-corrected chi connectivity index (χ0v) is 26.7. The number of nitrogens with zero attached hydrogens (tertiary/aromatic N) is 3. The molecule has 0 aliphatic carbocycles. The van der Waals surface area contributed by atoms with Gasteiger partial charge in [-0.2, -0.15) is 0 Å². The first kappa shape index (κ1) is 19.4. The molecule has 2 aromatic heterocycles. The minimum absolute atomic E-state index is 0.0713. The quantitative estimate of drug-likeness (QED) is 0.204. The summed E-state index contributed by atoms with van der Waals surface area (Å²) in [5.41, 5.74) is 0.852. The summed E-state index contributed by atoms with van der Waals surface area (Å²) in [4.78, 5) is 9.79. The number of aromatic nitrogens is 3. The van der Waals surface area contributed by atoms with Gasteiger partial charge in [-0.1, -0.05) is 114 Å². The Kier molecular flexibility index (Phi) is 4.82. The average molecular weight is 641 g/mol. The maximum absolute atomic E-state index is 11.0. The molecule has 0 saturated carbocycles. The van der Waals surface area contributed by atoms with Gasteiger partial charge in [-0.15, -0.1) is 0 Å². The number of hydrogen-bond donors (Lipinski definition) is 1. The molecule has 0 spiro atoms. The molecule has 4 nitrogen and oxygen atoms in total. The molecule has 0 unspecified atom stereocenters. The molecule has 0 aliphatic heterocycles. The third kappa shape index (κ3) is 5.91. The molecular weight excluding hydrogens is 587 g/mol. The molecule has 4 heteroatoms. The van der Waals surface area contributed by atoms with Crippen LogP contribution in [0.25, 0.3) is 61.6 Å². The van der Waals surface area contributed by atoms with Crippen LogP contribution in [0.3, 0.4) is 0 Å². The van der Waals surface area contributed by atoms with Gasteiger partial charge in [0, 0.05) is 35.3 Å². The largest absolute Gasteiger partial charge is 0.507 e. The van der Waals surface area contributed by atoms with Crippen LogP contribution in [0.1, 0.15) is 70.3 Å². The number of benzene rings is 5. The Bertz CT molecular complexity index is 2750. The van der Waals surface area contributed by atoms with Gasteiger partial charge in [0.1, 0.15) is 11.6 Å². The minimum Gasteiger partial charge on any atom is -0.507 e. The second-order valence-electron chi connectivity index (χ2n) is 12.8. The maximum atomic E-state index is 11.0. The summed E-state index contributed by atoms with van der Waals surface area (Å²) in [6, 6.07) is 27.7. The average Bonchev–Trinajstić information content (AvgIpc) is 3.57. The van der Waals surface area contributed by atoms with Crippen molar-refractivity contribution in [1.29, 1.82) is 0 Å². The van der Waals surface area contributed by atoms with Gasteiger partial charge in [0.2, 0.25) is 0 Å². The minimum atomic E-state index is -3.79. The van der Waals surface area contributed by atoms with Crippen LogP contribution in [0.4, 0.5) is 0 Å². The van der Waals surface area contributed by atoms with E-state index in [4.69, 9.17) is 22.8 Å². The molecule has 0 aliphatic rings. The van der Waals surface area contributed by atoms with Gasteiger partial charge < -0.3 is 5.11 Å². The molecule has 7 aromatic rings. The molecule has 238 valence electrons. The van der Waals surface area contributed by atoms with E-state index in [2.05, 4.69) is 31.8 Å². The Balaban J connectivity index is 1.44. The maximum Gasteiger partial charge on any atom is 0.149 e. The first-order valence-corrected chi connectivity index (χ1v) is 15.5. The molecule has 0 bridgehead atoms. The number of phenols is 1. The second kappa shape index (κ2) is 12.0. The van der Waals surface area contributed by atoms with E-state index in [1.165, 1.54) is 12.3 Å². The highest BCUT2D eigenvalue weighted by molar-refractivity contribution is 5.96. The van der Waals surface area contributed by atoms with E-state index in [1.54, 1.807) is 18.2 Å². The summed E-state index contributed by atoms with van der Waals surface area (Å²) in [5, 5.41) is 11.0. The summed E-state index contributed by atoms with van der Waals surface area (Å²) in [6.07, 6.45) is 1.42. The van der Waals surface area contributed by atoms with E-state index >= 15 is 0 Å². The number of imidazole rings is 1. The van der Waals surface area contributed by atoms with Crippen molar-refractivity contribution in [3.05, 3.63) is 145 Å². The lowest BCUT2D eigenvalue weighted by molar-refractivity contribution is 0.477. The number of pyridine rings is 1. The number of aromatic hydroxyl groups is 1. The lowest BCUT2D eigenvalue weighted by Crippen LogP contribution is -2.11. The molecule has 0 saturated heterocycles. The van der Waals surface area contributed by atoms with E-state index in [0.29, 0.717) is 28.2 Å². The monoisotopic (exact) mass is 640 g/mol. The number of hydrogen-bond acceptors (Lipinski definition) is 3. The van der Waals surface area contributed by atoms with E-state index in [-0.39, 0.29) is 22.3 Å². The van der Waals surface area contributed by atoms with Crippen molar-refractivity contribution in [3.63, 3.8) is 0 Å². The topological polar surface area (TPSA) is 50.9 Å². The van der Waals surface area contributed by atoms with Crippen molar-refractivity contribution in [3.8, 4) is 56.3 Å². The molecule has 2 heterocycles. The number of para-hydroxylation sites is 3. The molecule has 0 atom stereocenters. The smallest absolute Gasteiger partial charge is 0.149 e. The normalized spacial score (nSPS) is 16.8. The second-order valence-corrected chi connectivity index (χ2v) is 12.8. The summed E-state index contributed by atoms with van der Waals surface area (Å²) < 4.78 is 111. The Morgan fingerprint density at radius 2 is 1.35 bits per heavy atom. The molecule has 0 amide bonds. The first-order valence-electron chi connectivity index (χ1n) is 22.0. The van der Waals surface area contributed by atoms with Crippen molar-refractivity contribution in [1.82, 2.24) is 14.5 Å². The van der Waals surface area contributed by atoms with Gasteiger partial charge in [0.15, 0.2) is 0 Å². The third-order valence-corrected chi connectivity index (χ3v) is 8.30. The van der Waals surface area contributed by atoms with Crippen molar-refractivity contribution in [2.24, 2.45) is 0 Å². The Morgan fingerprint density at radius 3 is 2.08 bits per heavy atom. The van der Waals surface area contributed by atoms with Crippen LogP contribution in [0, 0.1) is 0 Å². The van der Waals surface area contributed by atoms with Gasteiger partial charge in [0.25, 0.3) is 0 Å². The first-order chi connectivity index (χ1) is 28.4. The SMILES string of the molecule is [2H]c1c([2H])c(C(C([2H])([2H])[2H])(C([2H])([2H])[2H])C([2H])([2H])[2H])c([2H])c([2H])c1-c1ccnc(-c2cc(-c3cccc4c3nc(-c3ccccc3O)n4-c3ccccc3)cc(C(C)(C)C)c2)c1. The predicted octanol–water partition coefficient (Wildman–Crippen LogP) is 11.4. The van der Waals surface area contributed by atoms with Gasteiger partial charge >= 0.3 is 0 Å².